The largest absolute Gasteiger partial charge is 0.494 e. The van der Waals surface area contributed by atoms with Gasteiger partial charge in [0.25, 0.3) is 5.91 Å². The number of benzene rings is 1. The van der Waals surface area contributed by atoms with Crippen LogP contribution in [0.15, 0.2) is 36.7 Å². The van der Waals surface area contributed by atoms with Crippen molar-refractivity contribution in [3.05, 3.63) is 42.2 Å². The Kier molecular flexibility index (Phi) is 8.48. The Hall–Kier alpha value is -2.87. The van der Waals surface area contributed by atoms with Crippen LogP contribution in [0.5, 0.6) is 5.75 Å². The molecule has 0 spiro atoms. The minimum atomic E-state index is -0.308. The number of hydrogen-bond acceptors (Lipinski definition) is 5. The lowest BCUT2D eigenvalue weighted by atomic mass is 10.2. The van der Waals surface area contributed by atoms with E-state index >= 15 is 0 Å². The third-order valence-electron chi connectivity index (χ3n) is 3.99. The Labute approximate surface area is 165 Å². The molecule has 152 valence electrons. The minimum absolute atomic E-state index is 0.115. The maximum Gasteiger partial charge on any atom is 0.251 e. The molecule has 0 aliphatic carbocycles. The molecule has 0 unspecified atom stereocenters. The fourth-order valence-corrected chi connectivity index (χ4v) is 2.36. The third-order valence-corrected chi connectivity index (χ3v) is 3.99. The number of hydrogen-bond donors (Lipinski definition) is 2. The lowest BCUT2D eigenvalue weighted by Crippen LogP contribution is -2.32. The van der Waals surface area contributed by atoms with Gasteiger partial charge in [0.05, 0.1) is 31.6 Å². The van der Waals surface area contributed by atoms with E-state index < -0.39 is 0 Å². The van der Waals surface area contributed by atoms with Crippen LogP contribution in [-0.2, 0) is 11.3 Å². The lowest BCUT2D eigenvalue weighted by Gasteiger charge is -2.09. The van der Waals surface area contributed by atoms with Crippen molar-refractivity contribution in [1.29, 1.82) is 0 Å². The van der Waals surface area contributed by atoms with Crippen molar-refractivity contribution in [2.75, 3.05) is 39.1 Å². The molecule has 2 N–H and O–H groups in total. The zero-order valence-electron chi connectivity index (χ0n) is 16.8. The molecular formula is C20H29N5O3. The number of rotatable bonds is 11. The van der Waals surface area contributed by atoms with E-state index in [1.54, 1.807) is 41.3 Å². The highest BCUT2D eigenvalue weighted by atomic mass is 16.5. The summed E-state index contributed by atoms with van der Waals surface area (Å²) in [5, 5.41) is 9.53. The monoisotopic (exact) mass is 387 g/mol. The molecule has 0 aliphatic rings. The summed E-state index contributed by atoms with van der Waals surface area (Å²) in [5.74, 6) is 0.117. The van der Waals surface area contributed by atoms with Gasteiger partial charge in [-0.15, -0.1) is 0 Å². The van der Waals surface area contributed by atoms with Crippen molar-refractivity contribution >= 4 is 17.5 Å². The van der Waals surface area contributed by atoms with E-state index in [1.165, 1.54) is 0 Å². The van der Waals surface area contributed by atoms with Gasteiger partial charge in [-0.2, -0.15) is 5.10 Å². The molecule has 1 heterocycles. The van der Waals surface area contributed by atoms with Crippen molar-refractivity contribution in [2.24, 2.45) is 0 Å². The van der Waals surface area contributed by atoms with Gasteiger partial charge in [-0.1, -0.05) is 13.3 Å². The Morgan fingerprint density at radius 3 is 2.64 bits per heavy atom. The first-order valence-corrected chi connectivity index (χ1v) is 9.46. The van der Waals surface area contributed by atoms with E-state index in [-0.39, 0.29) is 18.4 Å². The number of ether oxygens (including phenoxy) is 1. The molecule has 8 heteroatoms. The summed E-state index contributed by atoms with van der Waals surface area (Å²) in [6.07, 6.45) is 5.42. The van der Waals surface area contributed by atoms with Crippen LogP contribution < -0.4 is 15.4 Å². The van der Waals surface area contributed by atoms with Gasteiger partial charge in [-0.05, 0) is 44.8 Å². The molecule has 2 rings (SSSR count). The Balaban J connectivity index is 1.75. The Morgan fingerprint density at radius 1 is 1.21 bits per heavy atom. The minimum Gasteiger partial charge on any atom is -0.494 e. The SMILES string of the molecule is CCCCOc1ccc(C(=O)NCC(=O)Nc2cnn(CCN(C)C)c2)cc1. The predicted molar refractivity (Wildman–Crippen MR) is 109 cm³/mol. The number of likely N-dealkylation sites (N-methyl/N-ethyl adjacent to an activating group) is 1. The first-order valence-electron chi connectivity index (χ1n) is 9.46. The molecule has 0 bridgehead atoms. The van der Waals surface area contributed by atoms with Crippen molar-refractivity contribution < 1.29 is 14.3 Å². The summed E-state index contributed by atoms with van der Waals surface area (Å²) in [5.41, 5.74) is 1.08. The summed E-state index contributed by atoms with van der Waals surface area (Å²) >= 11 is 0. The topological polar surface area (TPSA) is 88.5 Å². The van der Waals surface area contributed by atoms with Crippen molar-refractivity contribution in [3.63, 3.8) is 0 Å². The number of amides is 2. The standard InChI is InChI=1S/C20H29N5O3/c1-4-5-12-28-18-8-6-16(7-9-18)20(27)21-14-19(26)23-17-13-22-25(15-17)11-10-24(2)3/h6-9,13,15H,4-5,10-12,14H2,1-3H3,(H,21,27)(H,23,26). The van der Waals surface area contributed by atoms with Gasteiger partial charge < -0.3 is 20.3 Å². The van der Waals surface area contributed by atoms with Gasteiger partial charge in [-0.25, -0.2) is 0 Å². The summed E-state index contributed by atoms with van der Waals surface area (Å²) in [4.78, 5) is 26.3. The van der Waals surface area contributed by atoms with Crippen molar-refractivity contribution in [2.45, 2.75) is 26.3 Å². The molecule has 0 radical (unpaired) electrons. The van der Waals surface area contributed by atoms with Crippen LogP contribution >= 0.6 is 0 Å². The van der Waals surface area contributed by atoms with Gasteiger partial charge in [0.1, 0.15) is 5.75 Å². The van der Waals surface area contributed by atoms with Crippen LogP contribution in [0.4, 0.5) is 5.69 Å². The first kappa shape index (κ1) is 21.4. The average Bonchev–Trinajstić information content (AvgIpc) is 3.12. The summed E-state index contributed by atoms with van der Waals surface area (Å²) in [6, 6.07) is 6.88. The van der Waals surface area contributed by atoms with Gasteiger partial charge >= 0.3 is 0 Å². The van der Waals surface area contributed by atoms with Crippen molar-refractivity contribution in [3.8, 4) is 5.75 Å². The van der Waals surface area contributed by atoms with E-state index in [4.69, 9.17) is 4.74 Å². The van der Waals surface area contributed by atoms with Crippen LogP contribution in [0, 0.1) is 0 Å². The molecule has 2 aromatic rings. The van der Waals surface area contributed by atoms with E-state index in [9.17, 15) is 9.59 Å². The molecule has 0 saturated carbocycles. The normalized spacial score (nSPS) is 10.7. The highest BCUT2D eigenvalue weighted by Gasteiger charge is 2.09. The van der Waals surface area contributed by atoms with Crippen LogP contribution in [0.2, 0.25) is 0 Å². The molecule has 0 atom stereocenters. The fraction of sp³-hybridized carbons (Fsp3) is 0.450. The number of unbranched alkanes of at least 4 members (excludes halogenated alkanes) is 1. The van der Waals surface area contributed by atoms with E-state index in [0.29, 0.717) is 17.9 Å². The number of aromatic nitrogens is 2. The average molecular weight is 387 g/mol. The Morgan fingerprint density at radius 2 is 1.96 bits per heavy atom. The second kappa shape index (κ2) is 11.1. The fourth-order valence-electron chi connectivity index (χ4n) is 2.36. The molecule has 0 saturated heterocycles. The third kappa shape index (κ3) is 7.40. The molecule has 1 aromatic heterocycles. The van der Waals surface area contributed by atoms with Gasteiger partial charge in [0.15, 0.2) is 0 Å². The number of carbonyl (C=O) groups is 2. The number of nitrogens with one attached hydrogen (secondary N) is 2. The van der Waals surface area contributed by atoms with Gasteiger partial charge in [0, 0.05) is 18.3 Å². The van der Waals surface area contributed by atoms with E-state index in [2.05, 4.69) is 27.6 Å². The lowest BCUT2D eigenvalue weighted by molar-refractivity contribution is -0.115. The molecule has 2 amide bonds. The van der Waals surface area contributed by atoms with E-state index in [0.717, 1.165) is 31.7 Å². The molecule has 0 aliphatic heterocycles. The number of carbonyl (C=O) groups excluding carboxylic acids is 2. The molecule has 8 nitrogen and oxygen atoms in total. The van der Waals surface area contributed by atoms with Gasteiger partial charge in [0.2, 0.25) is 5.91 Å². The van der Waals surface area contributed by atoms with Crippen LogP contribution in [0.3, 0.4) is 0 Å². The van der Waals surface area contributed by atoms with Crippen LogP contribution in [-0.4, -0.2) is 60.3 Å². The highest BCUT2D eigenvalue weighted by molar-refractivity contribution is 5.99. The highest BCUT2D eigenvalue weighted by Crippen LogP contribution is 2.12. The number of nitrogens with zero attached hydrogens (tertiary/aromatic N) is 3. The zero-order valence-corrected chi connectivity index (χ0v) is 16.8. The van der Waals surface area contributed by atoms with Crippen molar-refractivity contribution in [1.82, 2.24) is 20.0 Å². The quantitative estimate of drug-likeness (QED) is 0.576. The summed E-state index contributed by atoms with van der Waals surface area (Å²) in [7, 11) is 3.98. The van der Waals surface area contributed by atoms with Crippen LogP contribution in [0.25, 0.3) is 0 Å². The second-order valence-corrected chi connectivity index (χ2v) is 6.75. The molecule has 0 fully saturated rings. The smallest absolute Gasteiger partial charge is 0.251 e. The first-order chi connectivity index (χ1) is 13.5. The Bertz CT molecular complexity index is 755. The van der Waals surface area contributed by atoms with Crippen LogP contribution in [0.1, 0.15) is 30.1 Å². The zero-order chi connectivity index (χ0) is 20.4. The summed E-state index contributed by atoms with van der Waals surface area (Å²) < 4.78 is 7.33. The second-order valence-electron chi connectivity index (χ2n) is 6.75. The predicted octanol–water partition coefficient (Wildman–Crippen LogP) is 1.99. The summed E-state index contributed by atoms with van der Waals surface area (Å²) in [6.45, 7) is 4.24. The van der Waals surface area contributed by atoms with Gasteiger partial charge in [-0.3, -0.25) is 14.3 Å². The molecule has 28 heavy (non-hydrogen) atoms. The number of anilines is 1. The maximum absolute atomic E-state index is 12.2. The molecule has 1 aromatic carbocycles. The van der Waals surface area contributed by atoms with E-state index in [1.807, 2.05) is 14.1 Å². The maximum atomic E-state index is 12.2. The molecular weight excluding hydrogens is 358 g/mol.